The number of benzene rings is 1. The van der Waals surface area contributed by atoms with Crippen LogP contribution in [0.15, 0.2) is 23.2 Å². The summed E-state index contributed by atoms with van der Waals surface area (Å²) in [6.45, 7) is 2.01. The van der Waals surface area contributed by atoms with Crippen LogP contribution in [-0.4, -0.2) is 20.1 Å². The third-order valence-electron chi connectivity index (χ3n) is 2.24. The van der Waals surface area contributed by atoms with Crippen LogP contribution in [0.2, 0.25) is 10.0 Å². The molecule has 3 nitrogen and oxygen atoms in total. The molecule has 96 valence electrons. The molecule has 0 aliphatic heterocycles. The van der Waals surface area contributed by atoms with E-state index in [0.717, 1.165) is 11.5 Å². The summed E-state index contributed by atoms with van der Waals surface area (Å²) in [5, 5.41) is 7.45. The first-order chi connectivity index (χ1) is 7.58. The van der Waals surface area contributed by atoms with E-state index in [0.29, 0.717) is 10.0 Å². The van der Waals surface area contributed by atoms with Crippen molar-refractivity contribution in [3.63, 3.8) is 0 Å². The summed E-state index contributed by atoms with van der Waals surface area (Å²) in [5.74, 6) is 0.721. The minimum absolute atomic E-state index is 0. The number of aliphatic imine (C=N–C) groups is 1. The van der Waals surface area contributed by atoms with Crippen molar-refractivity contribution in [2.45, 2.75) is 13.0 Å². The summed E-state index contributed by atoms with van der Waals surface area (Å²) >= 11 is 12.0. The van der Waals surface area contributed by atoms with E-state index < -0.39 is 0 Å². The fourth-order valence-corrected chi connectivity index (χ4v) is 1.96. The number of nitrogens with one attached hydrogen (secondary N) is 2. The van der Waals surface area contributed by atoms with Crippen molar-refractivity contribution >= 4 is 53.1 Å². The minimum atomic E-state index is 0. The Morgan fingerprint density at radius 3 is 2.47 bits per heavy atom. The number of hydrogen-bond acceptors (Lipinski definition) is 1. The van der Waals surface area contributed by atoms with Crippen LogP contribution in [0.4, 0.5) is 0 Å². The Morgan fingerprint density at radius 1 is 1.35 bits per heavy atom. The quantitative estimate of drug-likeness (QED) is 0.463. The highest BCUT2D eigenvalue weighted by Gasteiger charge is 2.10. The van der Waals surface area contributed by atoms with Crippen molar-refractivity contribution in [3.05, 3.63) is 33.8 Å². The molecule has 1 rings (SSSR count). The first kappa shape index (κ1) is 16.8. The van der Waals surface area contributed by atoms with Gasteiger partial charge >= 0.3 is 0 Å². The van der Waals surface area contributed by atoms with Gasteiger partial charge < -0.3 is 10.6 Å². The van der Waals surface area contributed by atoms with E-state index in [1.54, 1.807) is 13.1 Å². The first-order valence-electron chi connectivity index (χ1n) is 4.94. The van der Waals surface area contributed by atoms with E-state index in [-0.39, 0.29) is 30.0 Å². The van der Waals surface area contributed by atoms with Gasteiger partial charge in [-0.05, 0) is 24.6 Å². The van der Waals surface area contributed by atoms with Gasteiger partial charge in [0.15, 0.2) is 5.96 Å². The van der Waals surface area contributed by atoms with Crippen LogP contribution in [-0.2, 0) is 0 Å². The van der Waals surface area contributed by atoms with Crippen LogP contribution in [0.3, 0.4) is 0 Å². The fraction of sp³-hybridized carbons (Fsp3) is 0.364. The monoisotopic (exact) mass is 387 g/mol. The van der Waals surface area contributed by atoms with Crippen molar-refractivity contribution in [2.75, 3.05) is 14.1 Å². The van der Waals surface area contributed by atoms with Crippen LogP contribution in [0.1, 0.15) is 18.5 Å². The number of hydrogen-bond donors (Lipinski definition) is 2. The fourth-order valence-electron chi connectivity index (χ4n) is 1.38. The van der Waals surface area contributed by atoms with E-state index in [9.17, 15) is 0 Å². The Balaban J connectivity index is 0.00000256. The third kappa shape index (κ3) is 4.89. The predicted octanol–water partition coefficient (Wildman–Crippen LogP) is 3.47. The first-order valence-corrected chi connectivity index (χ1v) is 5.70. The molecule has 0 fully saturated rings. The Bertz CT molecular complexity index is 396. The minimum Gasteiger partial charge on any atom is -0.359 e. The Kier molecular flexibility index (Phi) is 7.91. The van der Waals surface area contributed by atoms with E-state index in [4.69, 9.17) is 23.2 Å². The average Bonchev–Trinajstić information content (AvgIpc) is 2.25. The van der Waals surface area contributed by atoms with E-state index >= 15 is 0 Å². The molecule has 0 bridgehead atoms. The number of rotatable bonds is 2. The van der Waals surface area contributed by atoms with Gasteiger partial charge in [0.1, 0.15) is 0 Å². The largest absolute Gasteiger partial charge is 0.359 e. The molecular weight excluding hydrogens is 372 g/mol. The van der Waals surface area contributed by atoms with E-state index in [1.165, 1.54) is 0 Å². The molecule has 0 aliphatic carbocycles. The predicted molar refractivity (Wildman–Crippen MR) is 85.8 cm³/mol. The lowest BCUT2D eigenvalue weighted by molar-refractivity contribution is 0.699. The molecular formula is C11H16Cl2IN3. The van der Waals surface area contributed by atoms with Gasteiger partial charge in [-0.2, -0.15) is 0 Å². The second kappa shape index (κ2) is 8.00. The summed E-state index contributed by atoms with van der Waals surface area (Å²) in [5.41, 5.74) is 0.988. The molecule has 0 amide bonds. The van der Waals surface area contributed by atoms with Gasteiger partial charge in [-0.25, -0.2) is 0 Å². The van der Waals surface area contributed by atoms with E-state index in [1.807, 2.05) is 26.1 Å². The van der Waals surface area contributed by atoms with Gasteiger partial charge in [0, 0.05) is 24.1 Å². The van der Waals surface area contributed by atoms with Crippen LogP contribution >= 0.6 is 47.2 Å². The highest BCUT2D eigenvalue weighted by atomic mass is 127. The third-order valence-corrected chi connectivity index (χ3v) is 2.81. The molecule has 1 aromatic rings. The second-order valence-corrected chi connectivity index (χ2v) is 4.20. The molecule has 0 saturated carbocycles. The van der Waals surface area contributed by atoms with Gasteiger partial charge in [-0.1, -0.05) is 29.3 Å². The lowest BCUT2D eigenvalue weighted by Gasteiger charge is -2.17. The number of guanidine groups is 1. The molecule has 0 heterocycles. The molecule has 0 aromatic heterocycles. The van der Waals surface area contributed by atoms with Crippen molar-refractivity contribution in [2.24, 2.45) is 4.99 Å². The average molecular weight is 388 g/mol. The standard InChI is InChI=1S/C11H15Cl2N3.HI/c1-7(16-11(14-2)15-3)9-5-4-8(12)6-10(9)13;/h4-7H,1-3H3,(H2,14,15,16);1H. The normalized spacial score (nSPS) is 12.6. The maximum absolute atomic E-state index is 6.11. The van der Waals surface area contributed by atoms with Crippen molar-refractivity contribution < 1.29 is 0 Å². The zero-order valence-corrected chi connectivity index (χ0v) is 13.8. The zero-order valence-electron chi connectivity index (χ0n) is 9.92. The second-order valence-electron chi connectivity index (χ2n) is 3.35. The zero-order chi connectivity index (χ0) is 12.1. The molecule has 17 heavy (non-hydrogen) atoms. The van der Waals surface area contributed by atoms with Gasteiger partial charge in [-0.15, -0.1) is 24.0 Å². The topological polar surface area (TPSA) is 36.4 Å². The molecule has 6 heteroatoms. The SMILES string of the molecule is CN=C(NC)NC(C)c1ccc(Cl)cc1Cl.I. The lowest BCUT2D eigenvalue weighted by atomic mass is 10.1. The van der Waals surface area contributed by atoms with Gasteiger partial charge in [0.05, 0.1) is 6.04 Å². The molecule has 0 aliphatic rings. The number of nitrogens with zero attached hydrogens (tertiary/aromatic N) is 1. The summed E-state index contributed by atoms with van der Waals surface area (Å²) in [7, 11) is 3.53. The van der Waals surface area contributed by atoms with Crippen molar-refractivity contribution in [3.8, 4) is 0 Å². The Hall–Kier alpha value is -0.200. The van der Waals surface area contributed by atoms with Crippen molar-refractivity contribution in [1.82, 2.24) is 10.6 Å². The Labute approximate surface area is 129 Å². The molecule has 0 radical (unpaired) electrons. The lowest BCUT2D eigenvalue weighted by Crippen LogP contribution is -2.36. The summed E-state index contributed by atoms with van der Waals surface area (Å²) in [6, 6.07) is 5.53. The van der Waals surface area contributed by atoms with Crippen LogP contribution < -0.4 is 10.6 Å². The van der Waals surface area contributed by atoms with Gasteiger partial charge in [0.25, 0.3) is 0 Å². The Morgan fingerprint density at radius 2 is 2.00 bits per heavy atom. The highest BCUT2D eigenvalue weighted by molar-refractivity contribution is 14.0. The van der Waals surface area contributed by atoms with E-state index in [2.05, 4.69) is 15.6 Å². The molecule has 1 aromatic carbocycles. The summed E-state index contributed by atoms with van der Waals surface area (Å²) in [6.07, 6.45) is 0. The number of halogens is 3. The molecule has 1 atom stereocenters. The van der Waals surface area contributed by atoms with Crippen LogP contribution in [0.5, 0.6) is 0 Å². The summed E-state index contributed by atoms with van der Waals surface area (Å²) in [4.78, 5) is 4.04. The van der Waals surface area contributed by atoms with Crippen molar-refractivity contribution in [1.29, 1.82) is 0 Å². The molecule has 2 N–H and O–H groups in total. The maximum Gasteiger partial charge on any atom is 0.191 e. The smallest absolute Gasteiger partial charge is 0.191 e. The summed E-state index contributed by atoms with van der Waals surface area (Å²) < 4.78 is 0. The highest BCUT2D eigenvalue weighted by Crippen LogP contribution is 2.25. The molecule has 1 unspecified atom stereocenters. The van der Waals surface area contributed by atoms with Crippen LogP contribution in [0, 0.1) is 0 Å². The maximum atomic E-state index is 6.11. The van der Waals surface area contributed by atoms with Gasteiger partial charge in [0.2, 0.25) is 0 Å². The van der Waals surface area contributed by atoms with Crippen LogP contribution in [0.25, 0.3) is 0 Å². The molecule has 0 spiro atoms. The van der Waals surface area contributed by atoms with Gasteiger partial charge in [-0.3, -0.25) is 4.99 Å². The molecule has 0 saturated heterocycles.